The fourth-order valence-electron chi connectivity index (χ4n) is 1.74. The van der Waals surface area contributed by atoms with Crippen LogP contribution >= 0.6 is 35.0 Å². The lowest BCUT2D eigenvalue weighted by Crippen LogP contribution is -2.31. The maximum atomic E-state index is 11.8. The Labute approximate surface area is 154 Å². The number of halogens is 2. The molecule has 0 unspecified atom stereocenters. The molecule has 7 heteroatoms. The van der Waals surface area contributed by atoms with E-state index in [2.05, 4.69) is 5.32 Å². The van der Waals surface area contributed by atoms with Crippen molar-refractivity contribution in [3.8, 4) is 0 Å². The van der Waals surface area contributed by atoms with Gasteiger partial charge in [0, 0.05) is 9.92 Å². The van der Waals surface area contributed by atoms with E-state index >= 15 is 0 Å². The highest BCUT2D eigenvalue weighted by Crippen LogP contribution is 2.29. The highest BCUT2D eigenvalue weighted by molar-refractivity contribution is 8.00. The van der Waals surface area contributed by atoms with Gasteiger partial charge in [0.05, 0.1) is 10.8 Å². The first-order valence-electron chi connectivity index (χ1n) is 7.08. The zero-order chi connectivity index (χ0) is 17.4. The molecule has 0 aliphatic carbocycles. The van der Waals surface area contributed by atoms with Gasteiger partial charge in [0.15, 0.2) is 0 Å². The predicted octanol–water partition coefficient (Wildman–Crippen LogP) is 3.95. The first-order valence-corrected chi connectivity index (χ1v) is 8.83. The van der Waals surface area contributed by atoms with Crippen LogP contribution < -0.4 is 5.32 Å². The molecule has 0 spiro atoms. The number of thioether (sulfide) groups is 1. The van der Waals surface area contributed by atoms with Crippen LogP contribution in [0.3, 0.4) is 0 Å². The molecule has 0 fully saturated rings. The number of carbonyl (C=O) groups excluding carboxylic acids is 2. The van der Waals surface area contributed by atoms with Gasteiger partial charge in [-0.25, -0.2) is 0 Å². The van der Waals surface area contributed by atoms with E-state index < -0.39 is 5.97 Å². The maximum Gasteiger partial charge on any atom is 0.325 e. The van der Waals surface area contributed by atoms with E-state index in [1.54, 1.807) is 18.2 Å². The van der Waals surface area contributed by atoms with Gasteiger partial charge in [-0.1, -0.05) is 53.5 Å². The molecular formula is C17H15Cl2NO3S. The quantitative estimate of drug-likeness (QED) is 0.580. The van der Waals surface area contributed by atoms with Crippen molar-refractivity contribution in [2.75, 3.05) is 12.3 Å². The highest BCUT2D eigenvalue weighted by atomic mass is 35.5. The minimum Gasteiger partial charge on any atom is -0.460 e. The molecule has 24 heavy (non-hydrogen) atoms. The third kappa shape index (κ3) is 6.43. The smallest absolute Gasteiger partial charge is 0.325 e. The molecule has 126 valence electrons. The molecule has 1 amide bonds. The molecule has 2 rings (SSSR count). The Kier molecular flexibility index (Phi) is 7.43. The molecule has 0 heterocycles. The fraction of sp³-hybridized carbons (Fsp3) is 0.176. The van der Waals surface area contributed by atoms with Crippen LogP contribution in [-0.2, 0) is 20.9 Å². The summed E-state index contributed by atoms with van der Waals surface area (Å²) in [4.78, 5) is 24.1. The number of esters is 1. The lowest BCUT2D eigenvalue weighted by molar-refractivity contribution is -0.145. The second-order valence-electron chi connectivity index (χ2n) is 4.79. The number of amides is 1. The average molecular weight is 384 g/mol. The van der Waals surface area contributed by atoms with Crippen LogP contribution in [0.1, 0.15) is 5.56 Å². The normalized spacial score (nSPS) is 10.2. The third-order valence-electron chi connectivity index (χ3n) is 2.92. The lowest BCUT2D eigenvalue weighted by Gasteiger charge is -2.07. The zero-order valence-corrected chi connectivity index (χ0v) is 15.0. The molecule has 0 aromatic heterocycles. The van der Waals surface area contributed by atoms with Crippen LogP contribution in [0.15, 0.2) is 53.4 Å². The number of hydrogen-bond donors (Lipinski definition) is 1. The Bertz CT molecular complexity index is 710. The summed E-state index contributed by atoms with van der Waals surface area (Å²) in [6.45, 7) is 0.0118. The van der Waals surface area contributed by atoms with Crippen LogP contribution in [0.25, 0.3) is 0 Å². The second-order valence-corrected chi connectivity index (χ2v) is 6.65. The Morgan fingerprint density at radius 1 is 1.08 bits per heavy atom. The molecule has 0 aliphatic heterocycles. The van der Waals surface area contributed by atoms with Gasteiger partial charge in [-0.2, -0.15) is 0 Å². The Morgan fingerprint density at radius 2 is 1.83 bits per heavy atom. The molecule has 2 aromatic rings. The topological polar surface area (TPSA) is 55.4 Å². The summed E-state index contributed by atoms with van der Waals surface area (Å²) >= 11 is 13.2. The number of hydrogen-bond acceptors (Lipinski definition) is 4. The summed E-state index contributed by atoms with van der Waals surface area (Å²) < 4.78 is 5.08. The van der Waals surface area contributed by atoms with Crippen molar-refractivity contribution in [2.45, 2.75) is 11.5 Å². The third-order valence-corrected chi connectivity index (χ3v) is 4.66. The monoisotopic (exact) mass is 383 g/mol. The van der Waals surface area contributed by atoms with Crippen molar-refractivity contribution in [3.63, 3.8) is 0 Å². The summed E-state index contributed by atoms with van der Waals surface area (Å²) in [5.74, 6) is -0.642. The van der Waals surface area contributed by atoms with Crippen molar-refractivity contribution in [2.24, 2.45) is 0 Å². The molecule has 0 saturated carbocycles. The predicted molar refractivity (Wildman–Crippen MR) is 96.4 cm³/mol. The zero-order valence-electron chi connectivity index (χ0n) is 12.6. The molecule has 0 aliphatic rings. The molecule has 0 saturated heterocycles. The number of carbonyl (C=O) groups is 2. The van der Waals surface area contributed by atoms with Crippen LogP contribution in [0.5, 0.6) is 0 Å². The molecular weight excluding hydrogens is 369 g/mol. The van der Waals surface area contributed by atoms with Crippen molar-refractivity contribution in [1.29, 1.82) is 0 Å². The fourth-order valence-corrected chi connectivity index (χ4v) is 3.06. The highest BCUT2D eigenvalue weighted by Gasteiger charge is 2.09. The molecule has 2 aromatic carbocycles. The standard InChI is InChI=1S/C17H15Cl2NO3S/c18-13-6-7-14(19)15(8-13)24-11-16(21)20-9-17(22)23-10-12-4-2-1-3-5-12/h1-8H,9-11H2,(H,20,21). The van der Waals surface area contributed by atoms with Crippen LogP contribution in [0.4, 0.5) is 0 Å². The van der Waals surface area contributed by atoms with Crippen LogP contribution in [-0.4, -0.2) is 24.2 Å². The van der Waals surface area contributed by atoms with E-state index in [0.717, 1.165) is 5.56 Å². The SMILES string of the molecule is O=C(CSc1cc(Cl)ccc1Cl)NCC(=O)OCc1ccccc1. The molecule has 0 atom stereocenters. The van der Waals surface area contributed by atoms with Crippen molar-refractivity contribution >= 4 is 46.8 Å². The largest absolute Gasteiger partial charge is 0.460 e. The van der Waals surface area contributed by atoms with E-state index in [9.17, 15) is 9.59 Å². The molecule has 0 bridgehead atoms. The Hall–Kier alpha value is -1.69. The van der Waals surface area contributed by atoms with Gasteiger partial charge in [-0.3, -0.25) is 9.59 Å². The summed E-state index contributed by atoms with van der Waals surface area (Å²) in [5.41, 5.74) is 0.892. The van der Waals surface area contributed by atoms with Gasteiger partial charge < -0.3 is 10.1 Å². The second kappa shape index (κ2) is 9.57. The van der Waals surface area contributed by atoms with Gasteiger partial charge >= 0.3 is 5.97 Å². The van der Waals surface area contributed by atoms with Gasteiger partial charge in [0.25, 0.3) is 0 Å². The first-order chi connectivity index (χ1) is 11.5. The number of rotatable bonds is 7. The minimum absolute atomic E-state index is 0.131. The number of ether oxygens (including phenoxy) is 1. The van der Waals surface area contributed by atoms with Crippen LogP contribution in [0.2, 0.25) is 10.0 Å². The van der Waals surface area contributed by atoms with Crippen molar-refractivity contribution in [1.82, 2.24) is 5.32 Å². The Balaban J connectivity index is 1.69. The van der Waals surface area contributed by atoms with Crippen LogP contribution in [0, 0.1) is 0 Å². The first kappa shape index (κ1) is 18.6. The van der Waals surface area contributed by atoms with Gasteiger partial charge in [0.2, 0.25) is 5.91 Å². The molecule has 1 N–H and O–H groups in total. The number of nitrogens with one attached hydrogen (secondary N) is 1. The van der Waals surface area contributed by atoms with Gasteiger partial charge in [-0.05, 0) is 23.8 Å². The Morgan fingerprint density at radius 3 is 2.58 bits per heavy atom. The van der Waals surface area contributed by atoms with E-state index in [0.29, 0.717) is 14.9 Å². The molecule has 4 nitrogen and oxygen atoms in total. The van der Waals surface area contributed by atoms with Gasteiger partial charge in [-0.15, -0.1) is 11.8 Å². The van der Waals surface area contributed by atoms with Crippen molar-refractivity contribution in [3.05, 3.63) is 64.1 Å². The average Bonchev–Trinajstić information content (AvgIpc) is 2.59. The van der Waals surface area contributed by atoms with E-state index in [4.69, 9.17) is 27.9 Å². The van der Waals surface area contributed by atoms with E-state index in [1.165, 1.54) is 11.8 Å². The van der Waals surface area contributed by atoms with E-state index in [1.807, 2.05) is 30.3 Å². The summed E-state index contributed by atoms with van der Waals surface area (Å²) in [6, 6.07) is 14.4. The summed E-state index contributed by atoms with van der Waals surface area (Å²) in [7, 11) is 0. The minimum atomic E-state index is -0.488. The lowest BCUT2D eigenvalue weighted by atomic mass is 10.2. The molecule has 0 radical (unpaired) electrons. The maximum absolute atomic E-state index is 11.8. The van der Waals surface area contributed by atoms with E-state index in [-0.39, 0.29) is 24.8 Å². The summed E-state index contributed by atoms with van der Waals surface area (Å²) in [5, 5.41) is 3.59. The summed E-state index contributed by atoms with van der Waals surface area (Å²) in [6.07, 6.45) is 0. The van der Waals surface area contributed by atoms with Gasteiger partial charge in [0.1, 0.15) is 13.2 Å². The van der Waals surface area contributed by atoms with Crippen molar-refractivity contribution < 1.29 is 14.3 Å². The number of benzene rings is 2.